The van der Waals surface area contributed by atoms with Crippen LogP contribution in [0.4, 0.5) is 0 Å². The fraction of sp³-hybridized carbons (Fsp3) is 0.846. The SMILES string of the molecule is CC1CCC(NS(=O)(=O)CC(=O)NCC(C)C(=O)O)CC1. The Labute approximate surface area is 125 Å². The number of carbonyl (C=O) groups is 2. The fourth-order valence-electron chi connectivity index (χ4n) is 2.25. The molecule has 0 aromatic carbocycles. The summed E-state index contributed by atoms with van der Waals surface area (Å²) in [6, 6.07) is -0.100. The highest BCUT2D eigenvalue weighted by molar-refractivity contribution is 7.90. The van der Waals surface area contributed by atoms with E-state index in [2.05, 4.69) is 17.0 Å². The molecule has 21 heavy (non-hydrogen) atoms. The van der Waals surface area contributed by atoms with Crippen LogP contribution < -0.4 is 10.0 Å². The molecule has 0 aromatic rings. The van der Waals surface area contributed by atoms with Crippen LogP contribution >= 0.6 is 0 Å². The van der Waals surface area contributed by atoms with Crippen molar-refractivity contribution in [3.63, 3.8) is 0 Å². The maximum absolute atomic E-state index is 11.9. The van der Waals surface area contributed by atoms with Crippen molar-refractivity contribution in [3.05, 3.63) is 0 Å². The summed E-state index contributed by atoms with van der Waals surface area (Å²) in [6.45, 7) is 3.50. The first-order chi connectivity index (χ1) is 9.69. The van der Waals surface area contributed by atoms with E-state index >= 15 is 0 Å². The molecule has 1 aliphatic carbocycles. The summed E-state index contributed by atoms with van der Waals surface area (Å²) in [5.41, 5.74) is 0. The summed E-state index contributed by atoms with van der Waals surface area (Å²) in [5, 5.41) is 11.0. The van der Waals surface area contributed by atoms with Gasteiger partial charge >= 0.3 is 5.97 Å². The molecule has 0 heterocycles. The van der Waals surface area contributed by atoms with Crippen LogP contribution in [0.2, 0.25) is 0 Å². The molecule has 1 rings (SSSR count). The molecule has 0 radical (unpaired) electrons. The molecular formula is C13H24N2O5S. The minimum absolute atomic E-state index is 0.0787. The zero-order valence-electron chi connectivity index (χ0n) is 12.5. The van der Waals surface area contributed by atoms with E-state index in [1.807, 2.05) is 0 Å². The second kappa shape index (κ2) is 7.74. The van der Waals surface area contributed by atoms with Crippen molar-refractivity contribution in [1.82, 2.24) is 10.0 Å². The molecular weight excluding hydrogens is 296 g/mol. The number of carbonyl (C=O) groups excluding carboxylic acids is 1. The topological polar surface area (TPSA) is 113 Å². The highest BCUT2D eigenvalue weighted by atomic mass is 32.2. The molecule has 1 saturated carbocycles. The van der Waals surface area contributed by atoms with Gasteiger partial charge in [-0.1, -0.05) is 13.8 Å². The lowest BCUT2D eigenvalue weighted by Crippen LogP contribution is -2.43. The van der Waals surface area contributed by atoms with Gasteiger partial charge in [0.1, 0.15) is 5.75 Å². The van der Waals surface area contributed by atoms with Gasteiger partial charge in [-0.2, -0.15) is 0 Å². The molecule has 1 unspecified atom stereocenters. The number of hydrogen-bond donors (Lipinski definition) is 3. The number of rotatable bonds is 7. The van der Waals surface area contributed by atoms with Crippen molar-refractivity contribution in [1.29, 1.82) is 0 Å². The lowest BCUT2D eigenvalue weighted by atomic mass is 9.88. The number of sulfonamides is 1. The van der Waals surface area contributed by atoms with Gasteiger partial charge in [0, 0.05) is 12.6 Å². The molecule has 1 aliphatic rings. The minimum Gasteiger partial charge on any atom is -0.481 e. The van der Waals surface area contributed by atoms with E-state index in [1.165, 1.54) is 6.92 Å². The van der Waals surface area contributed by atoms with Gasteiger partial charge in [0.25, 0.3) is 0 Å². The summed E-state index contributed by atoms with van der Waals surface area (Å²) in [4.78, 5) is 22.2. The number of carboxylic acid groups (broad SMARTS) is 1. The summed E-state index contributed by atoms with van der Waals surface area (Å²) >= 11 is 0. The van der Waals surface area contributed by atoms with Crippen LogP contribution in [0.5, 0.6) is 0 Å². The van der Waals surface area contributed by atoms with Gasteiger partial charge < -0.3 is 10.4 Å². The summed E-state index contributed by atoms with van der Waals surface area (Å²) < 4.78 is 26.3. The summed E-state index contributed by atoms with van der Waals surface area (Å²) in [5.74, 6) is -2.51. The standard InChI is InChI=1S/C13H24N2O5S/c1-9-3-5-11(6-4-9)15-21(19,20)8-12(16)14-7-10(2)13(17)18/h9-11,15H,3-8H2,1-2H3,(H,14,16)(H,17,18). The van der Waals surface area contributed by atoms with E-state index in [0.717, 1.165) is 25.7 Å². The number of carboxylic acids is 1. The van der Waals surface area contributed by atoms with Gasteiger partial charge in [0.2, 0.25) is 15.9 Å². The molecule has 1 amide bonds. The second-order valence-electron chi connectivity index (χ2n) is 5.88. The lowest BCUT2D eigenvalue weighted by Gasteiger charge is -2.26. The lowest BCUT2D eigenvalue weighted by molar-refractivity contribution is -0.141. The third-order valence-corrected chi connectivity index (χ3v) is 5.04. The Morgan fingerprint density at radius 2 is 1.81 bits per heavy atom. The Kier molecular flexibility index (Phi) is 6.60. The first-order valence-electron chi connectivity index (χ1n) is 7.19. The van der Waals surface area contributed by atoms with Gasteiger partial charge in [-0.05, 0) is 31.6 Å². The smallest absolute Gasteiger partial charge is 0.308 e. The van der Waals surface area contributed by atoms with Crippen LogP contribution in [0.1, 0.15) is 39.5 Å². The summed E-state index contributed by atoms with van der Waals surface area (Å²) in [7, 11) is -3.68. The normalized spacial score (nSPS) is 24.3. The zero-order chi connectivity index (χ0) is 16.0. The van der Waals surface area contributed by atoms with Gasteiger partial charge in [-0.3, -0.25) is 9.59 Å². The Morgan fingerprint density at radius 1 is 1.24 bits per heavy atom. The first kappa shape index (κ1) is 17.9. The second-order valence-corrected chi connectivity index (χ2v) is 7.63. The molecule has 8 heteroatoms. The van der Waals surface area contributed by atoms with Crippen molar-refractivity contribution in [2.45, 2.75) is 45.6 Å². The molecule has 0 bridgehead atoms. The first-order valence-corrected chi connectivity index (χ1v) is 8.84. The van der Waals surface area contributed by atoms with E-state index in [9.17, 15) is 18.0 Å². The van der Waals surface area contributed by atoms with E-state index in [-0.39, 0.29) is 12.6 Å². The molecule has 0 aromatic heterocycles. The van der Waals surface area contributed by atoms with Crippen molar-refractivity contribution in [2.75, 3.05) is 12.3 Å². The highest BCUT2D eigenvalue weighted by Gasteiger charge is 2.25. The summed E-state index contributed by atoms with van der Waals surface area (Å²) in [6.07, 6.45) is 3.54. The highest BCUT2D eigenvalue weighted by Crippen LogP contribution is 2.23. The van der Waals surface area contributed by atoms with Gasteiger partial charge in [-0.15, -0.1) is 0 Å². The number of aliphatic carboxylic acids is 1. The Morgan fingerprint density at radius 3 is 2.33 bits per heavy atom. The maximum atomic E-state index is 11.9. The van der Waals surface area contributed by atoms with Crippen LogP contribution in [0, 0.1) is 11.8 Å². The minimum atomic E-state index is -3.68. The van der Waals surface area contributed by atoms with E-state index in [0.29, 0.717) is 5.92 Å². The Bertz CT molecular complexity index is 469. The van der Waals surface area contributed by atoms with Crippen molar-refractivity contribution >= 4 is 21.9 Å². The molecule has 1 atom stereocenters. The van der Waals surface area contributed by atoms with Crippen LogP contribution in [-0.4, -0.2) is 43.7 Å². The average Bonchev–Trinajstić information content (AvgIpc) is 2.37. The molecule has 122 valence electrons. The van der Waals surface area contributed by atoms with Crippen LogP contribution in [0.25, 0.3) is 0 Å². The number of nitrogens with one attached hydrogen (secondary N) is 2. The Balaban J connectivity index is 2.38. The van der Waals surface area contributed by atoms with Crippen molar-refractivity contribution in [2.24, 2.45) is 11.8 Å². The zero-order valence-corrected chi connectivity index (χ0v) is 13.3. The molecule has 7 nitrogen and oxygen atoms in total. The van der Waals surface area contributed by atoms with Gasteiger partial charge in [-0.25, -0.2) is 13.1 Å². The molecule has 3 N–H and O–H groups in total. The van der Waals surface area contributed by atoms with Gasteiger partial charge in [0.15, 0.2) is 0 Å². The third kappa shape index (κ3) is 6.90. The maximum Gasteiger partial charge on any atom is 0.308 e. The Hall–Kier alpha value is -1.15. The predicted molar refractivity (Wildman–Crippen MR) is 78.2 cm³/mol. The number of hydrogen-bond acceptors (Lipinski definition) is 4. The van der Waals surface area contributed by atoms with E-state index < -0.39 is 33.6 Å². The van der Waals surface area contributed by atoms with Crippen molar-refractivity contribution in [3.8, 4) is 0 Å². The molecule has 1 fully saturated rings. The van der Waals surface area contributed by atoms with E-state index in [1.54, 1.807) is 0 Å². The molecule has 0 spiro atoms. The van der Waals surface area contributed by atoms with Crippen LogP contribution in [0.15, 0.2) is 0 Å². The fourth-order valence-corrected chi connectivity index (χ4v) is 3.53. The number of amides is 1. The predicted octanol–water partition coefficient (Wildman–Crippen LogP) is 0.321. The monoisotopic (exact) mass is 320 g/mol. The molecule has 0 saturated heterocycles. The van der Waals surface area contributed by atoms with Crippen molar-refractivity contribution < 1.29 is 23.1 Å². The average molecular weight is 320 g/mol. The quantitative estimate of drug-likeness (QED) is 0.625. The van der Waals surface area contributed by atoms with Gasteiger partial charge in [0.05, 0.1) is 5.92 Å². The largest absolute Gasteiger partial charge is 0.481 e. The molecule has 0 aliphatic heterocycles. The van der Waals surface area contributed by atoms with Crippen LogP contribution in [-0.2, 0) is 19.6 Å². The van der Waals surface area contributed by atoms with Crippen LogP contribution in [0.3, 0.4) is 0 Å². The third-order valence-electron chi connectivity index (χ3n) is 3.71. The van der Waals surface area contributed by atoms with E-state index in [4.69, 9.17) is 5.11 Å².